The van der Waals surface area contributed by atoms with E-state index in [9.17, 15) is 14.9 Å². The second-order valence-electron chi connectivity index (χ2n) is 7.41. The average Bonchev–Trinajstić information content (AvgIpc) is 2.68. The van der Waals surface area contributed by atoms with Crippen LogP contribution in [0.4, 0.5) is 22.7 Å². The third-order valence-electron chi connectivity index (χ3n) is 5.13. The number of nitro benzene ring substituents is 1. The molecule has 1 aliphatic rings. The summed E-state index contributed by atoms with van der Waals surface area (Å²) in [6.07, 6.45) is 2.18. The highest BCUT2D eigenvalue weighted by Gasteiger charge is 2.26. The van der Waals surface area contributed by atoms with Crippen molar-refractivity contribution in [2.24, 2.45) is 5.92 Å². The zero-order chi connectivity index (χ0) is 20.3. The Morgan fingerprint density at radius 3 is 2.57 bits per heavy atom. The Balaban J connectivity index is 2.02. The van der Waals surface area contributed by atoms with E-state index in [-0.39, 0.29) is 11.6 Å². The van der Waals surface area contributed by atoms with E-state index in [1.807, 2.05) is 31.2 Å². The number of amides is 1. The fourth-order valence-electron chi connectivity index (χ4n) is 3.62. The SMILES string of the molecule is CNc1cc(N2CCCC(C)C2)c(C(=O)Nc2ccc(C)cc2)cc1[N+](=O)[O-]. The summed E-state index contributed by atoms with van der Waals surface area (Å²) in [5.41, 5.74) is 3.10. The highest BCUT2D eigenvalue weighted by atomic mass is 16.6. The standard InChI is InChI=1S/C21H26N4O3/c1-14-6-8-16(9-7-14)23-21(26)17-11-20(25(27)28)18(22-3)12-19(17)24-10-4-5-15(2)13-24/h6-9,11-12,15,22H,4-5,10,13H2,1-3H3,(H,23,26). The molecule has 7 heteroatoms. The molecule has 1 unspecified atom stereocenters. The fraction of sp³-hybridized carbons (Fsp3) is 0.381. The van der Waals surface area contributed by atoms with E-state index in [0.29, 0.717) is 22.9 Å². The van der Waals surface area contributed by atoms with Gasteiger partial charge in [0, 0.05) is 31.9 Å². The quantitative estimate of drug-likeness (QED) is 0.590. The number of benzene rings is 2. The number of hydrogen-bond acceptors (Lipinski definition) is 5. The van der Waals surface area contributed by atoms with Crippen LogP contribution in [0.15, 0.2) is 36.4 Å². The predicted molar refractivity (Wildman–Crippen MR) is 112 cm³/mol. The van der Waals surface area contributed by atoms with E-state index in [1.165, 1.54) is 6.07 Å². The maximum atomic E-state index is 13.0. The van der Waals surface area contributed by atoms with Crippen LogP contribution in [0.1, 0.15) is 35.7 Å². The van der Waals surface area contributed by atoms with Crippen LogP contribution in [0.2, 0.25) is 0 Å². The van der Waals surface area contributed by atoms with Gasteiger partial charge in [-0.2, -0.15) is 0 Å². The summed E-state index contributed by atoms with van der Waals surface area (Å²) >= 11 is 0. The van der Waals surface area contributed by atoms with Gasteiger partial charge in [-0.25, -0.2) is 0 Å². The zero-order valence-electron chi connectivity index (χ0n) is 16.5. The molecule has 1 heterocycles. The summed E-state index contributed by atoms with van der Waals surface area (Å²) in [4.78, 5) is 26.2. The highest BCUT2D eigenvalue weighted by molar-refractivity contribution is 6.09. The molecule has 0 radical (unpaired) electrons. The highest BCUT2D eigenvalue weighted by Crippen LogP contribution is 2.35. The number of piperidine rings is 1. The van der Waals surface area contributed by atoms with Crippen molar-refractivity contribution in [2.75, 3.05) is 35.7 Å². The maximum Gasteiger partial charge on any atom is 0.293 e. The van der Waals surface area contributed by atoms with Crippen molar-refractivity contribution in [1.82, 2.24) is 0 Å². The smallest absolute Gasteiger partial charge is 0.293 e. The molecule has 1 aliphatic heterocycles. The van der Waals surface area contributed by atoms with Gasteiger partial charge in [-0.1, -0.05) is 24.6 Å². The van der Waals surface area contributed by atoms with Crippen molar-refractivity contribution in [1.29, 1.82) is 0 Å². The first-order chi connectivity index (χ1) is 13.4. The van der Waals surface area contributed by atoms with Crippen LogP contribution >= 0.6 is 0 Å². The zero-order valence-corrected chi connectivity index (χ0v) is 16.5. The third-order valence-corrected chi connectivity index (χ3v) is 5.13. The van der Waals surface area contributed by atoms with Crippen molar-refractivity contribution >= 4 is 28.7 Å². The monoisotopic (exact) mass is 382 g/mol. The van der Waals surface area contributed by atoms with E-state index in [1.54, 1.807) is 13.1 Å². The maximum absolute atomic E-state index is 13.0. The number of rotatable bonds is 5. The predicted octanol–water partition coefficient (Wildman–Crippen LogP) is 4.43. The van der Waals surface area contributed by atoms with Crippen molar-refractivity contribution in [2.45, 2.75) is 26.7 Å². The molecule has 1 atom stereocenters. The Hall–Kier alpha value is -3.09. The summed E-state index contributed by atoms with van der Waals surface area (Å²) in [6, 6.07) is 10.6. The normalized spacial score (nSPS) is 16.5. The first kappa shape index (κ1) is 19.7. The first-order valence-electron chi connectivity index (χ1n) is 9.52. The number of nitrogens with zero attached hydrogens (tertiary/aromatic N) is 2. The summed E-state index contributed by atoms with van der Waals surface area (Å²) in [5.74, 6) is 0.165. The lowest BCUT2D eigenvalue weighted by Gasteiger charge is -2.34. The summed E-state index contributed by atoms with van der Waals surface area (Å²) in [5, 5.41) is 17.3. The Morgan fingerprint density at radius 2 is 1.96 bits per heavy atom. The molecule has 1 fully saturated rings. The Kier molecular flexibility index (Phi) is 5.82. The number of carbonyl (C=O) groups excluding carboxylic acids is 1. The van der Waals surface area contributed by atoms with E-state index in [4.69, 9.17) is 0 Å². The largest absolute Gasteiger partial charge is 0.383 e. The van der Waals surface area contributed by atoms with Gasteiger partial charge in [0.1, 0.15) is 5.69 Å². The Morgan fingerprint density at radius 1 is 1.25 bits per heavy atom. The molecule has 1 amide bonds. The molecule has 0 aliphatic carbocycles. The van der Waals surface area contributed by atoms with Gasteiger partial charge < -0.3 is 15.5 Å². The van der Waals surface area contributed by atoms with Crippen LogP contribution in [0.25, 0.3) is 0 Å². The van der Waals surface area contributed by atoms with E-state index >= 15 is 0 Å². The molecule has 0 bridgehead atoms. The molecular formula is C21H26N4O3. The van der Waals surface area contributed by atoms with Crippen molar-refractivity contribution < 1.29 is 9.72 Å². The van der Waals surface area contributed by atoms with Gasteiger partial charge in [-0.05, 0) is 43.9 Å². The van der Waals surface area contributed by atoms with Gasteiger partial charge >= 0.3 is 0 Å². The van der Waals surface area contributed by atoms with Gasteiger partial charge in [0.2, 0.25) is 0 Å². The lowest BCUT2D eigenvalue weighted by Crippen LogP contribution is -2.35. The molecule has 1 saturated heterocycles. The number of nitrogens with one attached hydrogen (secondary N) is 2. The van der Waals surface area contributed by atoms with Crippen molar-refractivity contribution in [3.8, 4) is 0 Å². The van der Waals surface area contributed by atoms with E-state index in [2.05, 4.69) is 22.5 Å². The van der Waals surface area contributed by atoms with Gasteiger partial charge in [0.05, 0.1) is 16.2 Å². The van der Waals surface area contributed by atoms with E-state index < -0.39 is 4.92 Å². The molecule has 7 nitrogen and oxygen atoms in total. The second kappa shape index (κ2) is 8.29. The van der Waals surface area contributed by atoms with E-state index in [0.717, 1.165) is 37.2 Å². The van der Waals surface area contributed by atoms with Crippen molar-refractivity contribution in [3.63, 3.8) is 0 Å². The molecule has 148 valence electrons. The first-order valence-corrected chi connectivity index (χ1v) is 9.52. The minimum absolute atomic E-state index is 0.106. The minimum Gasteiger partial charge on any atom is -0.383 e. The van der Waals surface area contributed by atoms with Crippen LogP contribution in [0.5, 0.6) is 0 Å². The number of aryl methyl sites for hydroxylation is 1. The minimum atomic E-state index is -0.461. The molecular weight excluding hydrogens is 356 g/mol. The Labute approximate surface area is 164 Å². The third kappa shape index (κ3) is 4.24. The van der Waals surface area contributed by atoms with Gasteiger partial charge in [0.25, 0.3) is 11.6 Å². The second-order valence-corrected chi connectivity index (χ2v) is 7.41. The molecule has 2 N–H and O–H groups in total. The van der Waals surface area contributed by atoms with Crippen LogP contribution < -0.4 is 15.5 Å². The van der Waals surface area contributed by atoms with Crippen LogP contribution in [-0.2, 0) is 0 Å². The average molecular weight is 382 g/mol. The summed E-state index contributed by atoms with van der Waals surface area (Å²) < 4.78 is 0. The molecule has 2 aromatic carbocycles. The molecule has 28 heavy (non-hydrogen) atoms. The molecule has 0 saturated carbocycles. The van der Waals surface area contributed by atoms with Crippen LogP contribution in [0.3, 0.4) is 0 Å². The molecule has 3 rings (SSSR count). The molecule has 0 aromatic heterocycles. The number of nitro groups is 1. The van der Waals surface area contributed by atoms with Gasteiger partial charge in [-0.3, -0.25) is 14.9 Å². The van der Waals surface area contributed by atoms with Gasteiger partial charge in [0.15, 0.2) is 0 Å². The molecule has 0 spiro atoms. The fourth-order valence-corrected chi connectivity index (χ4v) is 3.62. The van der Waals surface area contributed by atoms with Crippen LogP contribution in [-0.4, -0.2) is 31.0 Å². The topological polar surface area (TPSA) is 87.5 Å². The summed E-state index contributed by atoms with van der Waals surface area (Å²) in [7, 11) is 1.65. The number of carbonyl (C=O) groups is 1. The lowest BCUT2D eigenvalue weighted by atomic mass is 9.98. The Bertz CT molecular complexity index is 880. The van der Waals surface area contributed by atoms with Crippen molar-refractivity contribution in [3.05, 3.63) is 57.6 Å². The number of anilines is 3. The van der Waals surface area contributed by atoms with Crippen LogP contribution in [0, 0.1) is 23.0 Å². The molecule has 2 aromatic rings. The van der Waals surface area contributed by atoms with Gasteiger partial charge in [-0.15, -0.1) is 0 Å². The number of hydrogen-bond donors (Lipinski definition) is 2. The summed E-state index contributed by atoms with van der Waals surface area (Å²) in [6.45, 7) is 5.81. The lowest BCUT2D eigenvalue weighted by molar-refractivity contribution is -0.383.